The molecule has 2 aliphatic heterocycles. The molecule has 0 amide bonds. The van der Waals surface area contributed by atoms with Gasteiger partial charge in [0.15, 0.2) is 5.78 Å². The van der Waals surface area contributed by atoms with Crippen LogP contribution in [0.3, 0.4) is 0 Å². The van der Waals surface area contributed by atoms with E-state index in [0.29, 0.717) is 12.6 Å². The fourth-order valence-electron chi connectivity index (χ4n) is 3.61. The number of carbonyl (C=O) groups excluding carboxylic acids is 1. The van der Waals surface area contributed by atoms with Gasteiger partial charge >= 0.3 is 0 Å². The predicted molar refractivity (Wildman–Crippen MR) is 81.3 cm³/mol. The maximum Gasteiger partial charge on any atom is 0.177 e. The number of hydrogen-bond acceptors (Lipinski definition) is 3. The predicted octanol–water partition coefficient (Wildman–Crippen LogP) is 2.27. The maximum absolute atomic E-state index is 12.5. The molecule has 0 saturated carbocycles. The molecule has 108 valence electrons. The Bertz CT molecular complexity index is 512. The van der Waals surface area contributed by atoms with Crippen LogP contribution in [-0.4, -0.2) is 54.3 Å². The van der Waals surface area contributed by atoms with Crippen LogP contribution in [0, 0.1) is 13.8 Å². The van der Waals surface area contributed by atoms with E-state index in [9.17, 15) is 4.79 Å². The van der Waals surface area contributed by atoms with Gasteiger partial charge in [0.1, 0.15) is 0 Å². The lowest BCUT2D eigenvalue weighted by Gasteiger charge is -2.37. The Morgan fingerprint density at radius 1 is 1.25 bits per heavy atom. The van der Waals surface area contributed by atoms with E-state index in [-0.39, 0.29) is 5.78 Å². The standard InChI is InChI=1S/C17H24N2O/c1-13-5-6-16(14(2)10-13)17(20)12-18-8-9-19-7-3-4-15(19)11-18/h5-6,10,15H,3-4,7-9,11-12H2,1-2H3. The van der Waals surface area contributed by atoms with Crippen LogP contribution in [-0.2, 0) is 0 Å². The van der Waals surface area contributed by atoms with Gasteiger partial charge in [0.25, 0.3) is 0 Å². The zero-order valence-electron chi connectivity index (χ0n) is 12.6. The molecule has 0 spiro atoms. The lowest BCUT2D eigenvalue weighted by Crippen LogP contribution is -2.51. The minimum atomic E-state index is 0.272. The first-order valence-electron chi connectivity index (χ1n) is 7.70. The van der Waals surface area contributed by atoms with Crippen molar-refractivity contribution < 1.29 is 4.79 Å². The lowest BCUT2D eigenvalue weighted by atomic mass is 10.0. The zero-order valence-corrected chi connectivity index (χ0v) is 12.6. The van der Waals surface area contributed by atoms with Crippen LogP contribution in [0.5, 0.6) is 0 Å². The second-order valence-corrected chi connectivity index (χ2v) is 6.31. The molecule has 1 aromatic rings. The van der Waals surface area contributed by atoms with Crippen LogP contribution in [0.1, 0.15) is 34.3 Å². The Labute approximate surface area is 121 Å². The number of ketones is 1. The van der Waals surface area contributed by atoms with E-state index >= 15 is 0 Å². The van der Waals surface area contributed by atoms with Crippen molar-refractivity contribution in [2.24, 2.45) is 0 Å². The van der Waals surface area contributed by atoms with Crippen molar-refractivity contribution in [1.29, 1.82) is 0 Å². The van der Waals surface area contributed by atoms with Gasteiger partial charge in [-0.25, -0.2) is 0 Å². The molecule has 1 atom stereocenters. The third-order valence-corrected chi connectivity index (χ3v) is 4.72. The second-order valence-electron chi connectivity index (χ2n) is 6.31. The molecule has 0 aliphatic carbocycles. The van der Waals surface area contributed by atoms with Crippen molar-refractivity contribution in [3.8, 4) is 0 Å². The highest BCUT2D eigenvalue weighted by Crippen LogP contribution is 2.21. The van der Waals surface area contributed by atoms with Crippen molar-refractivity contribution in [3.05, 3.63) is 34.9 Å². The summed E-state index contributed by atoms with van der Waals surface area (Å²) in [4.78, 5) is 17.4. The van der Waals surface area contributed by atoms with Crippen LogP contribution < -0.4 is 0 Å². The molecule has 2 heterocycles. The summed E-state index contributed by atoms with van der Waals surface area (Å²) in [6.45, 7) is 9.17. The van der Waals surface area contributed by atoms with E-state index in [4.69, 9.17) is 0 Å². The van der Waals surface area contributed by atoms with Gasteiger partial charge < -0.3 is 0 Å². The van der Waals surface area contributed by atoms with Crippen LogP contribution in [0.2, 0.25) is 0 Å². The first-order valence-corrected chi connectivity index (χ1v) is 7.70. The highest BCUT2D eigenvalue weighted by atomic mass is 16.1. The maximum atomic E-state index is 12.5. The monoisotopic (exact) mass is 272 g/mol. The summed E-state index contributed by atoms with van der Waals surface area (Å²) in [6, 6.07) is 6.81. The molecule has 3 nitrogen and oxygen atoms in total. The lowest BCUT2D eigenvalue weighted by molar-refractivity contribution is 0.0784. The molecule has 0 bridgehead atoms. The SMILES string of the molecule is Cc1ccc(C(=O)CN2CCN3CCCC3C2)c(C)c1. The molecule has 20 heavy (non-hydrogen) atoms. The summed E-state index contributed by atoms with van der Waals surface area (Å²) in [6.07, 6.45) is 2.62. The van der Waals surface area contributed by atoms with Crippen molar-refractivity contribution in [3.63, 3.8) is 0 Å². The number of piperazine rings is 1. The topological polar surface area (TPSA) is 23.6 Å². The van der Waals surface area contributed by atoms with Gasteiger partial charge in [0.2, 0.25) is 0 Å². The van der Waals surface area contributed by atoms with Crippen LogP contribution in [0.15, 0.2) is 18.2 Å². The average Bonchev–Trinajstić information content (AvgIpc) is 2.85. The van der Waals surface area contributed by atoms with E-state index in [1.165, 1.54) is 24.9 Å². The van der Waals surface area contributed by atoms with E-state index in [2.05, 4.69) is 22.8 Å². The molecule has 1 unspecified atom stereocenters. The molecule has 2 aliphatic rings. The summed E-state index contributed by atoms with van der Waals surface area (Å²) in [5, 5.41) is 0. The minimum absolute atomic E-state index is 0.272. The molecule has 0 radical (unpaired) electrons. The highest BCUT2D eigenvalue weighted by Gasteiger charge is 2.31. The largest absolute Gasteiger partial charge is 0.298 e. The molecule has 3 heteroatoms. The number of nitrogens with zero attached hydrogens (tertiary/aromatic N) is 2. The van der Waals surface area contributed by atoms with E-state index in [1.54, 1.807) is 0 Å². The summed E-state index contributed by atoms with van der Waals surface area (Å²) >= 11 is 0. The van der Waals surface area contributed by atoms with E-state index in [1.807, 2.05) is 19.1 Å². The summed E-state index contributed by atoms with van der Waals surface area (Å²) in [7, 11) is 0. The Balaban J connectivity index is 1.64. The van der Waals surface area contributed by atoms with Crippen LogP contribution in [0.25, 0.3) is 0 Å². The van der Waals surface area contributed by atoms with Gasteiger partial charge in [0.05, 0.1) is 6.54 Å². The van der Waals surface area contributed by atoms with E-state index in [0.717, 1.165) is 30.8 Å². The van der Waals surface area contributed by atoms with Gasteiger partial charge in [0, 0.05) is 31.2 Å². The summed E-state index contributed by atoms with van der Waals surface area (Å²) in [5.41, 5.74) is 3.22. The molecule has 0 N–H and O–H groups in total. The minimum Gasteiger partial charge on any atom is -0.298 e. The highest BCUT2D eigenvalue weighted by molar-refractivity contribution is 5.99. The first kappa shape index (κ1) is 13.8. The number of Topliss-reactive ketones (excluding diaryl/α,β-unsaturated/α-hetero) is 1. The molecule has 0 aromatic heterocycles. The zero-order chi connectivity index (χ0) is 14.1. The third kappa shape index (κ3) is 2.79. The van der Waals surface area contributed by atoms with Crippen molar-refractivity contribution in [2.45, 2.75) is 32.7 Å². The number of hydrogen-bond donors (Lipinski definition) is 0. The Hall–Kier alpha value is -1.19. The summed E-state index contributed by atoms with van der Waals surface area (Å²) < 4.78 is 0. The number of rotatable bonds is 3. The van der Waals surface area contributed by atoms with Crippen molar-refractivity contribution in [1.82, 2.24) is 9.80 Å². The second kappa shape index (κ2) is 5.66. The van der Waals surface area contributed by atoms with Gasteiger partial charge in [-0.2, -0.15) is 0 Å². The number of carbonyl (C=O) groups is 1. The Kier molecular flexibility index (Phi) is 3.90. The van der Waals surface area contributed by atoms with Gasteiger partial charge in [-0.05, 0) is 38.8 Å². The van der Waals surface area contributed by atoms with Crippen molar-refractivity contribution >= 4 is 5.78 Å². The van der Waals surface area contributed by atoms with Crippen molar-refractivity contribution in [2.75, 3.05) is 32.7 Å². The average molecular weight is 272 g/mol. The molecule has 2 fully saturated rings. The molecule has 3 rings (SSSR count). The normalized spacial score (nSPS) is 23.8. The van der Waals surface area contributed by atoms with Gasteiger partial charge in [-0.1, -0.05) is 23.8 Å². The fraction of sp³-hybridized carbons (Fsp3) is 0.588. The fourth-order valence-corrected chi connectivity index (χ4v) is 3.61. The molecular weight excluding hydrogens is 248 g/mol. The Morgan fingerprint density at radius 3 is 2.90 bits per heavy atom. The quantitative estimate of drug-likeness (QED) is 0.789. The van der Waals surface area contributed by atoms with E-state index < -0.39 is 0 Å². The molecule has 1 aromatic carbocycles. The van der Waals surface area contributed by atoms with Crippen LogP contribution in [0.4, 0.5) is 0 Å². The third-order valence-electron chi connectivity index (χ3n) is 4.72. The first-order chi connectivity index (χ1) is 9.63. The van der Waals surface area contributed by atoms with Gasteiger partial charge in [-0.3, -0.25) is 14.6 Å². The summed E-state index contributed by atoms with van der Waals surface area (Å²) in [5.74, 6) is 0.272. The smallest absolute Gasteiger partial charge is 0.177 e. The van der Waals surface area contributed by atoms with Crippen LogP contribution >= 0.6 is 0 Å². The van der Waals surface area contributed by atoms with Gasteiger partial charge in [-0.15, -0.1) is 0 Å². The molecule has 2 saturated heterocycles. The molecular formula is C17H24N2O. The number of benzene rings is 1. The number of aryl methyl sites for hydroxylation is 2. The number of fused-ring (bicyclic) bond motifs is 1. The Morgan fingerprint density at radius 2 is 2.10 bits per heavy atom.